The Morgan fingerprint density at radius 3 is 1.60 bits per heavy atom. The van der Waals surface area contributed by atoms with Crippen molar-refractivity contribution in [1.29, 1.82) is 0 Å². The van der Waals surface area contributed by atoms with Gasteiger partial charge < -0.3 is 9.80 Å². The standard InChI is InChI=1S/C53H42N2SSi/c1-57(2,3)43-31-27-40(28-32-43)54(38-19-9-5-10-20-38)41-29-33-47-49(35-41)45-24-13-14-25-46(45)52-48-34-30-42(36-51(48)56-53(47)52)55(39-21-11-6-12-22-39)50-26-16-15-23-44(50)37-17-7-4-8-18-37/h4-36H,1-3H3. The Kier molecular flexibility index (Phi) is 8.74. The monoisotopic (exact) mass is 766 g/mol. The van der Waals surface area contributed by atoms with Gasteiger partial charge in [-0.25, -0.2) is 0 Å². The molecule has 0 spiro atoms. The van der Waals surface area contributed by atoms with Crippen molar-refractivity contribution in [3.05, 3.63) is 200 Å². The molecule has 10 aromatic rings. The van der Waals surface area contributed by atoms with Gasteiger partial charge in [-0.2, -0.15) is 0 Å². The highest BCUT2D eigenvalue weighted by Crippen LogP contribution is 2.48. The van der Waals surface area contributed by atoms with E-state index in [1.807, 2.05) is 11.3 Å². The van der Waals surface area contributed by atoms with Crippen molar-refractivity contribution in [3.8, 4) is 11.1 Å². The molecule has 0 aliphatic carbocycles. The number of nitrogens with zero attached hydrogens (tertiary/aromatic N) is 2. The van der Waals surface area contributed by atoms with E-state index in [0.29, 0.717) is 0 Å². The Bertz CT molecular complexity index is 3040. The van der Waals surface area contributed by atoms with Gasteiger partial charge in [0.1, 0.15) is 0 Å². The largest absolute Gasteiger partial charge is 0.310 e. The average Bonchev–Trinajstić information content (AvgIpc) is 3.64. The molecular formula is C53H42N2SSi. The lowest BCUT2D eigenvalue weighted by Gasteiger charge is -2.28. The van der Waals surface area contributed by atoms with Gasteiger partial charge in [0.05, 0.1) is 13.8 Å². The van der Waals surface area contributed by atoms with Crippen LogP contribution in [0.4, 0.5) is 34.1 Å². The third-order valence-corrected chi connectivity index (χ3v) is 14.4. The van der Waals surface area contributed by atoms with Crippen molar-refractivity contribution in [2.24, 2.45) is 0 Å². The Balaban J connectivity index is 1.16. The quantitative estimate of drug-likeness (QED) is 0.112. The second-order valence-electron chi connectivity index (χ2n) is 15.8. The van der Waals surface area contributed by atoms with E-state index in [1.165, 1.54) is 63.7 Å². The summed E-state index contributed by atoms with van der Waals surface area (Å²) in [6.07, 6.45) is 0. The van der Waals surface area contributed by atoms with Crippen LogP contribution in [-0.4, -0.2) is 8.07 Å². The molecule has 4 heteroatoms. The van der Waals surface area contributed by atoms with E-state index in [1.54, 1.807) is 0 Å². The van der Waals surface area contributed by atoms with Crippen LogP contribution in [0.1, 0.15) is 0 Å². The highest BCUT2D eigenvalue weighted by molar-refractivity contribution is 7.27. The lowest BCUT2D eigenvalue weighted by atomic mass is 9.96. The van der Waals surface area contributed by atoms with Crippen LogP contribution < -0.4 is 15.0 Å². The van der Waals surface area contributed by atoms with Crippen molar-refractivity contribution in [1.82, 2.24) is 0 Å². The van der Waals surface area contributed by atoms with Gasteiger partial charge in [0.15, 0.2) is 0 Å². The van der Waals surface area contributed by atoms with Crippen LogP contribution in [0.3, 0.4) is 0 Å². The normalized spacial score (nSPS) is 11.8. The van der Waals surface area contributed by atoms with Crippen LogP contribution in [0, 0.1) is 0 Å². The van der Waals surface area contributed by atoms with Crippen molar-refractivity contribution in [2.45, 2.75) is 19.6 Å². The Hall–Kier alpha value is -6.46. The molecule has 0 fully saturated rings. The molecule has 9 aromatic carbocycles. The van der Waals surface area contributed by atoms with Gasteiger partial charge in [-0.15, -0.1) is 11.3 Å². The second-order valence-corrected chi connectivity index (χ2v) is 21.9. The number of rotatable bonds is 8. The molecule has 274 valence electrons. The first-order chi connectivity index (χ1) is 27.9. The number of para-hydroxylation sites is 3. The van der Waals surface area contributed by atoms with Crippen LogP contribution in [-0.2, 0) is 0 Å². The second kappa shape index (κ2) is 14.2. The maximum Gasteiger partial charge on any atom is 0.0775 e. The minimum Gasteiger partial charge on any atom is -0.310 e. The van der Waals surface area contributed by atoms with Gasteiger partial charge in [-0.1, -0.05) is 158 Å². The fourth-order valence-corrected chi connectivity index (χ4v) is 10.8. The highest BCUT2D eigenvalue weighted by Gasteiger charge is 2.22. The first kappa shape index (κ1) is 35.0. The summed E-state index contributed by atoms with van der Waals surface area (Å²) in [5, 5.41) is 9.20. The van der Waals surface area contributed by atoms with Crippen LogP contribution >= 0.6 is 11.3 Å². The summed E-state index contributed by atoms with van der Waals surface area (Å²) < 4.78 is 2.60. The molecule has 0 saturated heterocycles. The molecule has 10 rings (SSSR count). The summed E-state index contributed by atoms with van der Waals surface area (Å²) in [6, 6.07) is 73.3. The molecule has 0 unspecified atom stereocenters. The van der Waals surface area contributed by atoms with E-state index in [0.717, 1.165) is 28.4 Å². The smallest absolute Gasteiger partial charge is 0.0775 e. The molecule has 0 bridgehead atoms. The summed E-state index contributed by atoms with van der Waals surface area (Å²) in [5.41, 5.74) is 9.27. The molecule has 0 radical (unpaired) electrons. The lowest BCUT2D eigenvalue weighted by Crippen LogP contribution is -2.37. The number of hydrogen-bond acceptors (Lipinski definition) is 3. The van der Waals surface area contributed by atoms with Gasteiger partial charge in [0.2, 0.25) is 0 Å². The highest BCUT2D eigenvalue weighted by atomic mass is 32.1. The molecule has 57 heavy (non-hydrogen) atoms. The first-order valence-electron chi connectivity index (χ1n) is 19.7. The van der Waals surface area contributed by atoms with Gasteiger partial charge in [-0.3, -0.25) is 0 Å². The van der Waals surface area contributed by atoms with Crippen LogP contribution in [0.25, 0.3) is 52.8 Å². The topological polar surface area (TPSA) is 6.48 Å². The molecule has 0 N–H and O–H groups in total. The van der Waals surface area contributed by atoms with Gasteiger partial charge in [-0.05, 0) is 88.5 Å². The summed E-state index contributed by atoms with van der Waals surface area (Å²) in [4.78, 5) is 4.80. The van der Waals surface area contributed by atoms with Gasteiger partial charge in [0, 0.05) is 59.6 Å². The predicted molar refractivity (Wildman–Crippen MR) is 252 cm³/mol. The van der Waals surface area contributed by atoms with Gasteiger partial charge in [0.25, 0.3) is 0 Å². The molecule has 0 aliphatic rings. The number of anilines is 6. The minimum atomic E-state index is -1.44. The third-order valence-electron chi connectivity index (χ3n) is 11.2. The maximum atomic E-state index is 2.41. The molecule has 2 nitrogen and oxygen atoms in total. The van der Waals surface area contributed by atoms with Crippen molar-refractivity contribution >= 4 is 100 Å². The fourth-order valence-electron chi connectivity index (χ4n) is 8.38. The SMILES string of the molecule is C[Si](C)(C)c1ccc(N(c2ccccc2)c2ccc3c(c2)c2ccccc2c2c4ccc(N(c5ccccc5)c5ccccc5-c5ccccc5)cc4sc32)cc1. The van der Waals surface area contributed by atoms with Crippen LogP contribution in [0.5, 0.6) is 0 Å². The molecule has 0 amide bonds. The Morgan fingerprint density at radius 1 is 0.386 bits per heavy atom. The first-order valence-corrected chi connectivity index (χ1v) is 24.0. The maximum absolute atomic E-state index is 2.41. The summed E-state index contributed by atoms with van der Waals surface area (Å²) in [5.74, 6) is 0. The van der Waals surface area contributed by atoms with Crippen LogP contribution in [0.2, 0.25) is 19.6 Å². The molecule has 1 heterocycles. The van der Waals surface area contributed by atoms with Crippen molar-refractivity contribution in [2.75, 3.05) is 9.80 Å². The lowest BCUT2D eigenvalue weighted by molar-refractivity contribution is 1.29. The summed E-state index contributed by atoms with van der Waals surface area (Å²) in [7, 11) is -1.44. The summed E-state index contributed by atoms with van der Waals surface area (Å²) >= 11 is 1.90. The number of thiophene rings is 1. The Labute approximate surface area is 339 Å². The van der Waals surface area contributed by atoms with E-state index in [4.69, 9.17) is 0 Å². The minimum absolute atomic E-state index is 1.13. The molecule has 1 aromatic heterocycles. The van der Waals surface area contributed by atoms with E-state index in [9.17, 15) is 0 Å². The zero-order chi connectivity index (χ0) is 38.5. The average molecular weight is 767 g/mol. The van der Waals surface area contributed by atoms with Gasteiger partial charge >= 0.3 is 0 Å². The van der Waals surface area contributed by atoms with E-state index >= 15 is 0 Å². The van der Waals surface area contributed by atoms with E-state index < -0.39 is 8.07 Å². The zero-order valence-corrected chi connectivity index (χ0v) is 34.2. The molecule has 0 saturated carbocycles. The molecular weight excluding hydrogens is 725 g/mol. The Morgan fingerprint density at radius 2 is 0.912 bits per heavy atom. The van der Waals surface area contributed by atoms with E-state index in [2.05, 4.69) is 230 Å². The third kappa shape index (κ3) is 6.28. The fraction of sp³-hybridized carbons (Fsp3) is 0.0566. The zero-order valence-electron chi connectivity index (χ0n) is 32.4. The van der Waals surface area contributed by atoms with E-state index in [-0.39, 0.29) is 0 Å². The number of hydrogen-bond donors (Lipinski definition) is 0. The van der Waals surface area contributed by atoms with Crippen molar-refractivity contribution < 1.29 is 0 Å². The van der Waals surface area contributed by atoms with Crippen LogP contribution in [0.15, 0.2) is 200 Å². The summed E-state index contributed by atoms with van der Waals surface area (Å²) in [6.45, 7) is 7.22. The molecule has 0 aliphatic heterocycles. The molecule has 0 atom stereocenters. The number of benzene rings is 9. The predicted octanol–water partition coefficient (Wildman–Crippen LogP) is 15.5. The van der Waals surface area contributed by atoms with Crippen molar-refractivity contribution in [3.63, 3.8) is 0 Å². The number of fused-ring (bicyclic) bond motifs is 8.